The molecule has 2 N–H and O–H groups in total. The largest absolute Gasteiger partial charge is 0.399 e. The van der Waals surface area contributed by atoms with Crippen LogP contribution in [0, 0.1) is 0 Å². The van der Waals surface area contributed by atoms with E-state index in [0.717, 1.165) is 10.0 Å². The predicted octanol–water partition coefficient (Wildman–Crippen LogP) is 3.93. The molecule has 2 aromatic carbocycles. The van der Waals surface area contributed by atoms with E-state index in [1.807, 2.05) is 24.3 Å². The number of carbonyl (C=O) groups excluding carboxylic acids is 1. The van der Waals surface area contributed by atoms with Crippen LogP contribution in [0.25, 0.3) is 6.08 Å². The van der Waals surface area contributed by atoms with Crippen molar-refractivity contribution in [2.24, 2.45) is 0 Å². The highest BCUT2D eigenvalue weighted by molar-refractivity contribution is 9.10. The van der Waals surface area contributed by atoms with Crippen molar-refractivity contribution in [2.75, 3.05) is 5.73 Å². The summed E-state index contributed by atoms with van der Waals surface area (Å²) in [6.45, 7) is 0. The summed E-state index contributed by atoms with van der Waals surface area (Å²) >= 11 is 3.43. The molecule has 0 bridgehead atoms. The molecule has 3 heteroatoms. The van der Waals surface area contributed by atoms with E-state index in [4.69, 9.17) is 5.73 Å². The lowest BCUT2D eigenvalue weighted by Gasteiger charge is -1.99. The fraction of sp³-hybridized carbons (Fsp3) is 0. The van der Waals surface area contributed by atoms with Crippen molar-refractivity contribution in [3.8, 4) is 0 Å². The van der Waals surface area contributed by atoms with Gasteiger partial charge in [0.15, 0.2) is 5.78 Å². The average molecular weight is 302 g/mol. The van der Waals surface area contributed by atoms with Crippen molar-refractivity contribution < 1.29 is 4.79 Å². The second-order valence-corrected chi connectivity index (χ2v) is 4.70. The summed E-state index contributed by atoms with van der Waals surface area (Å²) in [5.41, 5.74) is 7.80. The lowest BCUT2D eigenvalue weighted by molar-refractivity contribution is 0.104. The summed E-state index contributed by atoms with van der Waals surface area (Å²) in [6.07, 6.45) is 3.34. The van der Waals surface area contributed by atoms with E-state index >= 15 is 0 Å². The van der Waals surface area contributed by atoms with Gasteiger partial charge < -0.3 is 5.73 Å². The Morgan fingerprint density at radius 1 is 1.11 bits per heavy atom. The van der Waals surface area contributed by atoms with Gasteiger partial charge in [-0.3, -0.25) is 4.79 Å². The van der Waals surface area contributed by atoms with Crippen LogP contribution in [0.2, 0.25) is 0 Å². The van der Waals surface area contributed by atoms with Crippen molar-refractivity contribution in [1.82, 2.24) is 0 Å². The standard InChI is InChI=1S/C15H12BrNO/c16-14-7-2-1-4-11(14)8-9-15(18)12-5-3-6-13(17)10-12/h1-10H,17H2/b9-8+. The molecule has 0 aliphatic carbocycles. The number of nitrogen functional groups attached to an aromatic ring is 1. The topological polar surface area (TPSA) is 43.1 Å². The van der Waals surface area contributed by atoms with Gasteiger partial charge in [-0.25, -0.2) is 0 Å². The summed E-state index contributed by atoms with van der Waals surface area (Å²) < 4.78 is 0.960. The second-order valence-electron chi connectivity index (χ2n) is 3.84. The number of halogens is 1. The number of hydrogen-bond donors (Lipinski definition) is 1. The zero-order valence-corrected chi connectivity index (χ0v) is 11.2. The van der Waals surface area contributed by atoms with Crippen LogP contribution in [0.4, 0.5) is 5.69 Å². The molecule has 0 saturated heterocycles. The summed E-state index contributed by atoms with van der Waals surface area (Å²) in [5, 5.41) is 0. The van der Waals surface area contributed by atoms with Gasteiger partial charge in [0.1, 0.15) is 0 Å². The fourth-order valence-electron chi connectivity index (χ4n) is 1.56. The van der Waals surface area contributed by atoms with Crippen molar-refractivity contribution >= 4 is 33.5 Å². The minimum Gasteiger partial charge on any atom is -0.399 e. The van der Waals surface area contributed by atoms with Gasteiger partial charge in [0, 0.05) is 15.7 Å². The van der Waals surface area contributed by atoms with Crippen LogP contribution >= 0.6 is 15.9 Å². The average Bonchev–Trinajstić information content (AvgIpc) is 2.37. The zero-order valence-electron chi connectivity index (χ0n) is 9.64. The Morgan fingerprint density at radius 3 is 2.61 bits per heavy atom. The molecule has 2 nitrogen and oxygen atoms in total. The number of ketones is 1. The maximum atomic E-state index is 11.9. The molecule has 2 aromatic rings. The van der Waals surface area contributed by atoms with E-state index in [0.29, 0.717) is 11.3 Å². The fourth-order valence-corrected chi connectivity index (χ4v) is 1.98. The Bertz CT molecular complexity index is 605. The van der Waals surface area contributed by atoms with Gasteiger partial charge in [0.05, 0.1) is 0 Å². The van der Waals surface area contributed by atoms with Crippen LogP contribution in [0.15, 0.2) is 59.1 Å². The number of nitrogens with two attached hydrogens (primary N) is 1. The first-order valence-corrected chi connectivity index (χ1v) is 6.28. The second kappa shape index (κ2) is 5.65. The SMILES string of the molecule is Nc1cccc(C(=O)/C=C/c2ccccc2Br)c1. The highest BCUT2D eigenvalue weighted by atomic mass is 79.9. The molecule has 2 rings (SSSR count). The molecule has 0 aliphatic heterocycles. The molecule has 18 heavy (non-hydrogen) atoms. The van der Waals surface area contributed by atoms with E-state index in [2.05, 4.69) is 15.9 Å². The van der Waals surface area contributed by atoms with E-state index in [1.54, 1.807) is 36.4 Å². The Morgan fingerprint density at radius 2 is 1.89 bits per heavy atom. The molecule has 0 spiro atoms. The molecular weight excluding hydrogens is 290 g/mol. The minimum atomic E-state index is -0.0574. The number of rotatable bonds is 3. The summed E-state index contributed by atoms with van der Waals surface area (Å²) in [4.78, 5) is 11.9. The minimum absolute atomic E-state index is 0.0574. The van der Waals surface area contributed by atoms with Crippen molar-refractivity contribution in [3.05, 3.63) is 70.2 Å². The van der Waals surface area contributed by atoms with Gasteiger partial charge in [0.25, 0.3) is 0 Å². The van der Waals surface area contributed by atoms with Crippen molar-refractivity contribution in [1.29, 1.82) is 0 Å². The third-order valence-electron chi connectivity index (χ3n) is 2.49. The monoisotopic (exact) mass is 301 g/mol. The summed E-state index contributed by atoms with van der Waals surface area (Å²) in [7, 11) is 0. The Balaban J connectivity index is 2.20. The lowest BCUT2D eigenvalue weighted by Crippen LogP contribution is -1.95. The van der Waals surface area contributed by atoms with Gasteiger partial charge >= 0.3 is 0 Å². The first kappa shape index (κ1) is 12.6. The van der Waals surface area contributed by atoms with Crippen LogP contribution < -0.4 is 5.73 Å². The van der Waals surface area contributed by atoms with Gasteiger partial charge in [-0.05, 0) is 35.9 Å². The van der Waals surface area contributed by atoms with E-state index in [1.165, 1.54) is 0 Å². The highest BCUT2D eigenvalue weighted by Crippen LogP contribution is 2.17. The van der Waals surface area contributed by atoms with Gasteiger partial charge in [-0.2, -0.15) is 0 Å². The molecule has 0 aliphatic rings. The zero-order chi connectivity index (χ0) is 13.0. The first-order valence-electron chi connectivity index (χ1n) is 5.49. The summed E-state index contributed by atoms with van der Waals surface area (Å²) in [5.74, 6) is -0.0574. The molecule has 0 heterocycles. The van der Waals surface area contributed by atoms with Crippen LogP contribution in [0.5, 0.6) is 0 Å². The predicted molar refractivity (Wildman–Crippen MR) is 78.4 cm³/mol. The third kappa shape index (κ3) is 3.08. The normalized spacial score (nSPS) is 10.7. The van der Waals surface area contributed by atoms with Crippen LogP contribution in [0.1, 0.15) is 15.9 Å². The van der Waals surface area contributed by atoms with Gasteiger partial charge in [-0.15, -0.1) is 0 Å². The molecule has 90 valence electrons. The van der Waals surface area contributed by atoms with Gasteiger partial charge in [0.2, 0.25) is 0 Å². The van der Waals surface area contributed by atoms with E-state index in [9.17, 15) is 4.79 Å². The van der Waals surface area contributed by atoms with Gasteiger partial charge in [-0.1, -0.05) is 46.3 Å². The van der Waals surface area contributed by atoms with E-state index in [-0.39, 0.29) is 5.78 Å². The van der Waals surface area contributed by atoms with Crippen molar-refractivity contribution in [2.45, 2.75) is 0 Å². The molecule has 0 atom stereocenters. The Hall–Kier alpha value is -1.87. The molecule has 0 aromatic heterocycles. The molecule has 0 saturated carbocycles. The first-order chi connectivity index (χ1) is 8.66. The quantitative estimate of drug-likeness (QED) is 0.530. The highest BCUT2D eigenvalue weighted by Gasteiger charge is 2.02. The maximum absolute atomic E-state index is 11.9. The smallest absolute Gasteiger partial charge is 0.185 e. The third-order valence-corrected chi connectivity index (χ3v) is 3.21. The number of carbonyl (C=O) groups is 1. The molecule has 0 radical (unpaired) electrons. The Labute approximate surface area is 114 Å². The number of benzene rings is 2. The molecule has 0 fully saturated rings. The van der Waals surface area contributed by atoms with E-state index < -0.39 is 0 Å². The molecule has 0 amide bonds. The molecular formula is C15H12BrNO. The number of hydrogen-bond acceptors (Lipinski definition) is 2. The van der Waals surface area contributed by atoms with Crippen LogP contribution in [-0.2, 0) is 0 Å². The van der Waals surface area contributed by atoms with Crippen molar-refractivity contribution in [3.63, 3.8) is 0 Å². The van der Waals surface area contributed by atoms with Crippen LogP contribution in [0.3, 0.4) is 0 Å². The summed E-state index contributed by atoms with van der Waals surface area (Å²) in [6, 6.07) is 14.7. The number of allylic oxidation sites excluding steroid dienone is 1. The lowest BCUT2D eigenvalue weighted by atomic mass is 10.1. The Kier molecular flexibility index (Phi) is 3.95. The molecule has 0 unspecified atom stereocenters. The number of anilines is 1. The van der Waals surface area contributed by atoms with Crippen LogP contribution in [-0.4, -0.2) is 5.78 Å². The maximum Gasteiger partial charge on any atom is 0.185 e.